The van der Waals surface area contributed by atoms with Crippen LogP contribution >= 0.6 is 11.6 Å². The van der Waals surface area contributed by atoms with Crippen LogP contribution in [0.5, 0.6) is 0 Å². The van der Waals surface area contributed by atoms with Crippen LogP contribution in [-0.2, 0) is 0 Å². The Hall–Kier alpha value is -1.16. The molecule has 10 heavy (non-hydrogen) atoms. The van der Waals surface area contributed by atoms with Gasteiger partial charge in [-0.1, -0.05) is 16.8 Å². The number of hydrogen-bond acceptors (Lipinski definition) is 4. The molecule has 0 aliphatic carbocycles. The highest BCUT2D eigenvalue weighted by atomic mass is 35.5. The first-order valence-electron chi connectivity index (χ1n) is 2.48. The third-order valence-corrected chi connectivity index (χ3v) is 1.15. The topological polar surface area (TPSA) is 58.4 Å². The Balaban J connectivity index is 3.03. The van der Waals surface area contributed by atoms with E-state index in [1.165, 1.54) is 12.4 Å². The molecule has 0 bridgehead atoms. The van der Waals surface area contributed by atoms with Gasteiger partial charge < -0.3 is 5.21 Å². The highest BCUT2D eigenvalue weighted by Gasteiger charge is 1.96. The zero-order valence-corrected chi connectivity index (χ0v) is 5.65. The van der Waals surface area contributed by atoms with Crippen molar-refractivity contribution < 1.29 is 5.21 Å². The number of aromatic nitrogens is 2. The summed E-state index contributed by atoms with van der Waals surface area (Å²) >= 11 is 5.53. The van der Waals surface area contributed by atoms with Crippen LogP contribution in [0.15, 0.2) is 17.5 Å². The zero-order valence-electron chi connectivity index (χ0n) is 4.90. The molecule has 0 amide bonds. The SMILES string of the molecule is O/N=C\c1nccnc1Cl. The summed E-state index contributed by atoms with van der Waals surface area (Å²) < 4.78 is 0. The summed E-state index contributed by atoms with van der Waals surface area (Å²) in [4.78, 5) is 7.46. The van der Waals surface area contributed by atoms with E-state index in [1.807, 2.05) is 0 Å². The summed E-state index contributed by atoms with van der Waals surface area (Å²) in [5, 5.41) is 11.1. The lowest BCUT2D eigenvalue weighted by atomic mass is 10.5. The molecule has 0 spiro atoms. The highest BCUT2D eigenvalue weighted by molar-refractivity contribution is 6.31. The van der Waals surface area contributed by atoms with Gasteiger partial charge in [-0.3, -0.25) is 4.98 Å². The predicted octanol–water partition coefficient (Wildman–Crippen LogP) is 0.938. The minimum Gasteiger partial charge on any atom is -0.411 e. The van der Waals surface area contributed by atoms with Gasteiger partial charge in [-0.25, -0.2) is 4.98 Å². The standard InChI is InChI=1S/C5H4ClN3O/c6-5-4(3-9-10)7-1-2-8-5/h1-3,10H/b9-3-. The molecule has 0 atom stereocenters. The van der Waals surface area contributed by atoms with Crippen molar-refractivity contribution in [1.82, 2.24) is 9.97 Å². The van der Waals surface area contributed by atoms with Gasteiger partial charge in [0, 0.05) is 12.4 Å². The molecule has 4 nitrogen and oxygen atoms in total. The Morgan fingerprint density at radius 2 is 2.20 bits per heavy atom. The summed E-state index contributed by atoms with van der Waals surface area (Å²) in [6.07, 6.45) is 4.04. The molecule has 52 valence electrons. The van der Waals surface area contributed by atoms with Gasteiger partial charge in [-0.2, -0.15) is 0 Å². The lowest BCUT2D eigenvalue weighted by molar-refractivity contribution is 0.321. The highest BCUT2D eigenvalue weighted by Crippen LogP contribution is 2.04. The number of halogens is 1. The molecule has 0 aliphatic rings. The normalized spacial score (nSPS) is 10.5. The lowest BCUT2D eigenvalue weighted by Crippen LogP contribution is -1.89. The Labute approximate surface area is 62.2 Å². The van der Waals surface area contributed by atoms with E-state index in [9.17, 15) is 0 Å². The third-order valence-electron chi connectivity index (χ3n) is 0.860. The van der Waals surface area contributed by atoms with E-state index in [0.29, 0.717) is 5.69 Å². The van der Waals surface area contributed by atoms with Crippen LogP contribution < -0.4 is 0 Å². The molecule has 0 saturated heterocycles. The fourth-order valence-electron chi connectivity index (χ4n) is 0.473. The van der Waals surface area contributed by atoms with Crippen LogP contribution in [-0.4, -0.2) is 21.4 Å². The number of oxime groups is 1. The van der Waals surface area contributed by atoms with E-state index in [4.69, 9.17) is 16.8 Å². The van der Waals surface area contributed by atoms with E-state index < -0.39 is 0 Å². The van der Waals surface area contributed by atoms with Gasteiger partial charge in [-0.05, 0) is 0 Å². The van der Waals surface area contributed by atoms with Crippen LogP contribution in [0, 0.1) is 0 Å². The first-order valence-corrected chi connectivity index (χ1v) is 2.86. The molecular weight excluding hydrogens is 154 g/mol. The second-order valence-corrected chi connectivity index (χ2v) is 1.83. The van der Waals surface area contributed by atoms with E-state index >= 15 is 0 Å². The molecule has 0 radical (unpaired) electrons. The molecule has 0 saturated carbocycles. The fraction of sp³-hybridized carbons (Fsp3) is 0. The number of hydrogen-bond donors (Lipinski definition) is 1. The van der Waals surface area contributed by atoms with Crippen molar-refractivity contribution in [2.45, 2.75) is 0 Å². The molecule has 1 aromatic rings. The van der Waals surface area contributed by atoms with Gasteiger partial charge in [0.2, 0.25) is 0 Å². The molecule has 1 heterocycles. The third kappa shape index (κ3) is 1.41. The summed E-state index contributed by atoms with van der Waals surface area (Å²) in [5.74, 6) is 0. The van der Waals surface area contributed by atoms with E-state index in [0.717, 1.165) is 6.21 Å². The molecule has 0 aliphatic heterocycles. The fourth-order valence-corrected chi connectivity index (χ4v) is 0.627. The van der Waals surface area contributed by atoms with Gasteiger partial charge in [0.1, 0.15) is 5.69 Å². The van der Waals surface area contributed by atoms with Crippen molar-refractivity contribution in [2.24, 2.45) is 5.16 Å². The van der Waals surface area contributed by atoms with Crippen molar-refractivity contribution in [2.75, 3.05) is 0 Å². The van der Waals surface area contributed by atoms with Gasteiger partial charge in [-0.15, -0.1) is 0 Å². The largest absolute Gasteiger partial charge is 0.411 e. The summed E-state index contributed by atoms with van der Waals surface area (Å²) in [6.45, 7) is 0. The number of rotatable bonds is 1. The van der Waals surface area contributed by atoms with E-state index in [1.54, 1.807) is 0 Å². The predicted molar refractivity (Wildman–Crippen MR) is 36.4 cm³/mol. The minimum absolute atomic E-state index is 0.223. The van der Waals surface area contributed by atoms with Crippen molar-refractivity contribution in [1.29, 1.82) is 0 Å². The Morgan fingerprint density at radius 3 is 2.80 bits per heavy atom. The smallest absolute Gasteiger partial charge is 0.156 e. The van der Waals surface area contributed by atoms with Gasteiger partial charge in [0.25, 0.3) is 0 Å². The molecule has 1 aromatic heterocycles. The van der Waals surface area contributed by atoms with Gasteiger partial charge in [0.15, 0.2) is 5.15 Å². The molecule has 0 aromatic carbocycles. The zero-order chi connectivity index (χ0) is 7.40. The second-order valence-electron chi connectivity index (χ2n) is 1.48. The molecule has 1 rings (SSSR count). The lowest BCUT2D eigenvalue weighted by Gasteiger charge is -1.90. The molecule has 5 heteroatoms. The Morgan fingerprint density at radius 1 is 1.50 bits per heavy atom. The Bertz CT molecular complexity index is 250. The average Bonchev–Trinajstić information content (AvgIpc) is 1.94. The summed E-state index contributed by atoms with van der Waals surface area (Å²) in [5.41, 5.74) is 0.353. The molecule has 1 N–H and O–H groups in total. The van der Waals surface area contributed by atoms with E-state index in [2.05, 4.69) is 15.1 Å². The maximum atomic E-state index is 8.09. The van der Waals surface area contributed by atoms with Crippen LogP contribution in [0.25, 0.3) is 0 Å². The van der Waals surface area contributed by atoms with Crippen molar-refractivity contribution in [3.05, 3.63) is 23.2 Å². The maximum Gasteiger partial charge on any atom is 0.156 e. The van der Waals surface area contributed by atoms with Crippen LogP contribution in [0.3, 0.4) is 0 Å². The van der Waals surface area contributed by atoms with Gasteiger partial charge in [0.05, 0.1) is 6.21 Å². The first-order chi connectivity index (χ1) is 4.84. The molecule has 0 unspecified atom stereocenters. The van der Waals surface area contributed by atoms with Crippen LogP contribution in [0.4, 0.5) is 0 Å². The summed E-state index contributed by atoms with van der Waals surface area (Å²) in [6, 6.07) is 0. The van der Waals surface area contributed by atoms with Crippen molar-refractivity contribution in [3.8, 4) is 0 Å². The monoisotopic (exact) mass is 157 g/mol. The average molecular weight is 158 g/mol. The van der Waals surface area contributed by atoms with E-state index in [-0.39, 0.29) is 5.15 Å². The minimum atomic E-state index is 0.223. The maximum absolute atomic E-state index is 8.09. The van der Waals surface area contributed by atoms with Crippen molar-refractivity contribution in [3.63, 3.8) is 0 Å². The van der Waals surface area contributed by atoms with Crippen LogP contribution in [0.1, 0.15) is 5.69 Å². The molecule has 0 fully saturated rings. The van der Waals surface area contributed by atoms with Gasteiger partial charge >= 0.3 is 0 Å². The summed E-state index contributed by atoms with van der Waals surface area (Å²) in [7, 11) is 0. The first kappa shape index (κ1) is 6.95. The number of nitrogens with zero attached hydrogens (tertiary/aromatic N) is 3. The van der Waals surface area contributed by atoms with Crippen LogP contribution in [0.2, 0.25) is 5.15 Å². The Kier molecular flexibility index (Phi) is 2.17. The van der Waals surface area contributed by atoms with Crippen molar-refractivity contribution >= 4 is 17.8 Å². The second kappa shape index (κ2) is 3.12. The molecular formula is C5H4ClN3O. The quantitative estimate of drug-likeness (QED) is 0.375.